The zero-order valence-corrected chi connectivity index (χ0v) is 12.4. The molecule has 1 aliphatic carbocycles. The van der Waals surface area contributed by atoms with E-state index in [4.69, 9.17) is 9.15 Å². The molecule has 2 heterocycles. The molecule has 0 amide bonds. The lowest BCUT2D eigenvalue weighted by Crippen LogP contribution is -2.28. The van der Waals surface area contributed by atoms with E-state index in [0.717, 1.165) is 19.1 Å². The van der Waals surface area contributed by atoms with Crippen molar-refractivity contribution in [1.82, 2.24) is 4.90 Å². The number of ether oxygens (including phenoxy) is 1. The molecular formula is C17H27NO2. The zero-order valence-electron chi connectivity index (χ0n) is 12.4. The summed E-state index contributed by atoms with van der Waals surface area (Å²) >= 11 is 0. The van der Waals surface area contributed by atoms with Crippen molar-refractivity contribution in [1.29, 1.82) is 0 Å². The first-order valence-corrected chi connectivity index (χ1v) is 8.25. The van der Waals surface area contributed by atoms with Crippen LogP contribution in [0.2, 0.25) is 0 Å². The van der Waals surface area contributed by atoms with E-state index >= 15 is 0 Å². The fourth-order valence-corrected chi connectivity index (χ4v) is 3.60. The highest BCUT2D eigenvalue weighted by atomic mass is 16.5. The molecular weight excluding hydrogens is 250 g/mol. The minimum Gasteiger partial charge on any atom is -0.472 e. The fourth-order valence-electron chi connectivity index (χ4n) is 3.60. The molecule has 0 atom stereocenters. The first kappa shape index (κ1) is 14.2. The molecule has 0 radical (unpaired) electrons. The topological polar surface area (TPSA) is 25.6 Å². The Morgan fingerprint density at radius 3 is 2.65 bits per heavy atom. The number of hydrogen-bond acceptors (Lipinski definition) is 3. The van der Waals surface area contributed by atoms with Gasteiger partial charge in [0.15, 0.2) is 0 Å². The third-order valence-corrected chi connectivity index (χ3v) is 4.86. The van der Waals surface area contributed by atoms with Crippen molar-refractivity contribution in [2.45, 2.75) is 51.0 Å². The molecule has 0 spiro atoms. The third kappa shape index (κ3) is 4.10. The Kier molecular flexibility index (Phi) is 5.15. The van der Waals surface area contributed by atoms with Gasteiger partial charge in [0, 0.05) is 6.54 Å². The van der Waals surface area contributed by atoms with E-state index in [9.17, 15) is 0 Å². The van der Waals surface area contributed by atoms with E-state index in [1.54, 1.807) is 6.26 Å². The fraction of sp³-hybridized carbons (Fsp3) is 0.765. The minimum absolute atomic E-state index is 0.512. The van der Waals surface area contributed by atoms with Crippen LogP contribution in [0.15, 0.2) is 23.0 Å². The van der Waals surface area contributed by atoms with Crippen LogP contribution in [0.1, 0.15) is 44.1 Å². The Morgan fingerprint density at radius 1 is 1.15 bits per heavy atom. The predicted molar refractivity (Wildman–Crippen MR) is 79.8 cm³/mol. The molecule has 1 aromatic rings. The normalized spacial score (nSPS) is 28.0. The van der Waals surface area contributed by atoms with E-state index < -0.39 is 0 Å². The van der Waals surface area contributed by atoms with Crippen molar-refractivity contribution >= 4 is 0 Å². The quantitative estimate of drug-likeness (QED) is 0.796. The maximum atomic E-state index is 6.07. The van der Waals surface area contributed by atoms with Gasteiger partial charge in [-0.3, -0.25) is 0 Å². The summed E-state index contributed by atoms with van der Waals surface area (Å²) in [6, 6.07) is 2.10. The van der Waals surface area contributed by atoms with Crippen molar-refractivity contribution in [3.8, 4) is 0 Å². The van der Waals surface area contributed by atoms with E-state index in [0.29, 0.717) is 6.10 Å². The monoisotopic (exact) mass is 277 g/mol. The van der Waals surface area contributed by atoms with E-state index in [-0.39, 0.29) is 0 Å². The number of furan rings is 1. The van der Waals surface area contributed by atoms with Crippen LogP contribution in [0.4, 0.5) is 0 Å². The van der Waals surface area contributed by atoms with Gasteiger partial charge in [-0.15, -0.1) is 0 Å². The van der Waals surface area contributed by atoms with Crippen LogP contribution in [-0.2, 0) is 11.2 Å². The van der Waals surface area contributed by atoms with Crippen molar-refractivity contribution in [3.05, 3.63) is 24.2 Å². The largest absolute Gasteiger partial charge is 0.472 e. The van der Waals surface area contributed by atoms with Gasteiger partial charge in [0.05, 0.1) is 25.2 Å². The molecule has 1 aliphatic heterocycles. The predicted octanol–water partition coefficient (Wildman–Crippen LogP) is 3.49. The molecule has 2 fully saturated rings. The van der Waals surface area contributed by atoms with Crippen molar-refractivity contribution < 1.29 is 9.15 Å². The minimum atomic E-state index is 0.512. The molecule has 1 saturated heterocycles. The van der Waals surface area contributed by atoms with Crippen LogP contribution in [0.5, 0.6) is 0 Å². The first-order chi connectivity index (χ1) is 9.90. The lowest BCUT2D eigenvalue weighted by atomic mass is 9.84. The van der Waals surface area contributed by atoms with Crippen LogP contribution < -0.4 is 0 Å². The molecule has 3 heteroatoms. The number of rotatable bonds is 6. The third-order valence-electron chi connectivity index (χ3n) is 4.86. The van der Waals surface area contributed by atoms with E-state index in [1.165, 1.54) is 63.6 Å². The van der Waals surface area contributed by atoms with E-state index in [2.05, 4.69) is 11.0 Å². The highest BCUT2D eigenvalue weighted by Gasteiger charge is 2.22. The second-order valence-electron chi connectivity index (χ2n) is 6.40. The average molecular weight is 277 g/mol. The summed E-state index contributed by atoms with van der Waals surface area (Å²) in [4.78, 5) is 2.53. The van der Waals surface area contributed by atoms with Crippen LogP contribution in [0.3, 0.4) is 0 Å². The van der Waals surface area contributed by atoms with Crippen molar-refractivity contribution in [2.75, 3.05) is 26.2 Å². The van der Waals surface area contributed by atoms with Crippen LogP contribution in [0, 0.1) is 5.92 Å². The smallest absolute Gasteiger partial charge is 0.0934 e. The maximum Gasteiger partial charge on any atom is 0.0934 e. The van der Waals surface area contributed by atoms with Gasteiger partial charge in [-0.25, -0.2) is 0 Å². The van der Waals surface area contributed by atoms with Gasteiger partial charge in [-0.2, -0.15) is 0 Å². The van der Waals surface area contributed by atoms with Crippen molar-refractivity contribution in [2.24, 2.45) is 5.92 Å². The molecule has 1 saturated carbocycles. The molecule has 0 N–H and O–H groups in total. The highest BCUT2D eigenvalue weighted by molar-refractivity contribution is 5.06. The van der Waals surface area contributed by atoms with Gasteiger partial charge < -0.3 is 14.1 Å². The molecule has 2 aliphatic rings. The first-order valence-electron chi connectivity index (χ1n) is 8.25. The van der Waals surface area contributed by atoms with Gasteiger partial charge in [0.2, 0.25) is 0 Å². The van der Waals surface area contributed by atoms with Gasteiger partial charge in [-0.1, -0.05) is 0 Å². The van der Waals surface area contributed by atoms with Crippen LogP contribution in [0.25, 0.3) is 0 Å². The van der Waals surface area contributed by atoms with Gasteiger partial charge in [0.25, 0.3) is 0 Å². The van der Waals surface area contributed by atoms with Gasteiger partial charge >= 0.3 is 0 Å². The molecule has 20 heavy (non-hydrogen) atoms. The highest BCUT2D eigenvalue weighted by Crippen LogP contribution is 2.29. The number of hydrogen-bond donors (Lipinski definition) is 0. The molecule has 0 bridgehead atoms. The molecule has 1 aromatic heterocycles. The summed E-state index contributed by atoms with van der Waals surface area (Å²) < 4.78 is 11.2. The summed E-state index contributed by atoms with van der Waals surface area (Å²) in [6.45, 7) is 4.62. The molecule has 112 valence electrons. The number of likely N-dealkylation sites (tertiary alicyclic amines) is 1. The molecule has 3 nitrogen and oxygen atoms in total. The molecule has 0 aromatic carbocycles. The Labute approximate surface area is 122 Å². The second kappa shape index (κ2) is 7.28. The molecule has 0 unspecified atom stereocenters. The standard InChI is InChI=1S/C17H27NO2/c1-2-9-18(8-1)10-12-20-17-5-3-15(4-6-17)13-16-7-11-19-14-16/h7,11,14-15,17H,1-6,8-10,12-13H2. The Bertz CT molecular complexity index is 362. The Hall–Kier alpha value is -0.800. The van der Waals surface area contributed by atoms with Crippen LogP contribution in [-0.4, -0.2) is 37.2 Å². The van der Waals surface area contributed by atoms with Crippen LogP contribution >= 0.6 is 0 Å². The number of nitrogens with zero attached hydrogens (tertiary/aromatic N) is 1. The zero-order chi connectivity index (χ0) is 13.6. The Morgan fingerprint density at radius 2 is 1.95 bits per heavy atom. The summed E-state index contributed by atoms with van der Waals surface area (Å²) in [5.41, 5.74) is 1.35. The lowest BCUT2D eigenvalue weighted by molar-refractivity contribution is 0.00961. The van der Waals surface area contributed by atoms with Gasteiger partial charge in [-0.05, 0) is 75.6 Å². The van der Waals surface area contributed by atoms with E-state index in [1.807, 2.05) is 6.26 Å². The summed E-state index contributed by atoms with van der Waals surface area (Å²) in [5.74, 6) is 0.825. The average Bonchev–Trinajstić information content (AvgIpc) is 3.14. The SMILES string of the molecule is c1cc(CC2CCC(OCCN3CCCC3)CC2)co1. The summed E-state index contributed by atoms with van der Waals surface area (Å²) in [7, 11) is 0. The summed E-state index contributed by atoms with van der Waals surface area (Å²) in [5, 5.41) is 0. The van der Waals surface area contributed by atoms with Crippen molar-refractivity contribution in [3.63, 3.8) is 0 Å². The second-order valence-corrected chi connectivity index (χ2v) is 6.40. The van der Waals surface area contributed by atoms with Gasteiger partial charge in [0.1, 0.15) is 0 Å². The maximum absolute atomic E-state index is 6.07. The summed E-state index contributed by atoms with van der Waals surface area (Å²) in [6.07, 6.45) is 13.2. The molecule has 3 rings (SSSR count). The Balaban J connectivity index is 1.30. The lowest BCUT2D eigenvalue weighted by Gasteiger charge is -2.29.